The van der Waals surface area contributed by atoms with Crippen LogP contribution in [0.4, 0.5) is 5.82 Å². The second-order valence-electron chi connectivity index (χ2n) is 4.79. The molecule has 0 unspecified atom stereocenters. The summed E-state index contributed by atoms with van der Waals surface area (Å²) in [4.78, 5) is 9.61. The molecule has 1 aromatic carbocycles. The van der Waals surface area contributed by atoms with Crippen molar-refractivity contribution < 1.29 is 0 Å². The van der Waals surface area contributed by atoms with E-state index in [4.69, 9.17) is 0 Å². The Balaban J connectivity index is 1.64. The summed E-state index contributed by atoms with van der Waals surface area (Å²) >= 11 is 1.62. The van der Waals surface area contributed by atoms with E-state index in [0.29, 0.717) is 6.54 Å². The lowest BCUT2D eigenvalue weighted by atomic mass is 10.1. The number of nitrogens with zero attached hydrogens (tertiary/aromatic N) is 4. The van der Waals surface area contributed by atoms with E-state index >= 15 is 0 Å². The molecule has 0 bridgehead atoms. The van der Waals surface area contributed by atoms with Crippen LogP contribution in [0.15, 0.2) is 60.5 Å². The Labute approximate surface area is 131 Å². The van der Waals surface area contributed by atoms with E-state index in [1.54, 1.807) is 23.9 Å². The molecule has 6 heteroatoms. The van der Waals surface area contributed by atoms with Crippen LogP contribution < -0.4 is 5.32 Å². The van der Waals surface area contributed by atoms with Crippen molar-refractivity contribution in [1.82, 2.24) is 19.7 Å². The van der Waals surface area contributed by atoms with Gasteiger partial charge in [0.05, 0.1) is 11.1 Å². The van der Waals surface area contributed by atoms with E-state index in [-0.39, 0.29) is 0 Å². The van der Waals surface area contributed by atoms with E-state index < -0.39 is 0 Å². The fourth-order valence-corrected chi connectivity index (χ4v) is 3.14. The van der Waals surface area contributed by atoms with Crippen molar-refractivity contribution in [1.29, 1.82) is 0 Å². The molecule has 0 fully saturated rings. The van der Waals surface area contributed by atoms with Gasteiger partial charge in [-0.25, -0.2) is 14.6 Å². The van der Waals surface area contributed by atoms with Crippen LogP contribution in [0.3, 0.4) is 0 Å². The first kappa shape index (κ1) is 13.0. The molecule has 4 rings (SSSR count). The molecule has 22 heavy (non-hydrogen) atoms. The summed E-state index contributed by atoms with van der Waals surface area (Å²) in [5.74, 6) is 0.863. The van der Waals surface area contributed by atoms with Gasteiger partial charge in [0.15, 0.2) is 0 Å². The summed E-state index contributed by atoms with van der Waals surface area (Å²) < 4.78 is 1.87. The van der Waals surface area contributed by atoms with Crippen LogP contribution in [-0.4, -0.2) is 19.7 Å². The molecule has 0 aliphatic carbocycles. The molecule has 0 saturated carbocycles. The van der Waals surface area contributed by atoms with Crippen molar-refractivity contribution >= 4 is 27.4 Å². The van der Waals surface area contributed by atoms with E-state index in [1.807, 2.05) is 40.5 Å². The van der Waals surface area contributed by atoms with Crippen molar-refractivity contribution in [2.75, 3.05) is 5.32 Å². The first-order valence-electron chi connectivity index (χ1n) is 6.92. The standard InChI is InChI=1S/C16H13N5S/c1-2-5-14(21-8-3-7-20-21)12(4-1)10-17-15-13-6-9-22-16(13)19-11-18-15/h1-9,11H,10H2,(H,17,18,19). The van der Waals surface area contributed by atoms with E-state index in [9.17, 15) is 0 Å². The van der Waals surface area contributed by atoms with Gasteiger partial charge in [-0.1, -0.05) is 18.2 Å². The van der Waals surface area contributed by atoms with Gasteiger partial charge in [-0.05, 0) is 29.1 Å². The largest absolute Gasteiger partial charge is 0.365 e. The number of rotatable bonds is 4. The first-order chi connectivity index (χ1) is 10.9. The number of para-hydroxylation sites is 1. The van der Waals surface area contributed by atoms with Crippen LogP contribution in [0.25, 0.3) is 15.9 Å². The predicted octanol–water partition coefficient (Wildman–Crippen LogP) is 3.49. The maximum atomic E-state index is 4.35. The fraction of sp³-hybridized carbons (Fsp3) is 0.0625. The van der Waals surface area contributed by atoms with Crippen molar-refractivity contribution in [2.45, 2.75) is 6.54 Å². The third kappa shape index (κ3) is 2.33. The summed E-state index contributed by atoms with van der Waals surface area (Å²) in [6.45, 7) is 0.679. The highest BCUT2D eigenvalue weighted by Gasteiger charge is 2.07. The highest BCUT2D eigenvalue weighted by Crippen LogP contribution is 2.24. The Morgan fingerprint density at radius 3 is 2.95 bits per heavy atom. The zero-order chi connectivity index (χ0) is 14.8. The molecule has 0 saturated heterocycles. The lowest BCUT2D eigenvalue weighted by Crippen LogP contribution is -2.06. The Kier molecular flexibility index (Phi) is 3.29. The summed E-state index contributed by atoms with van der Waals surface area (Å²) in [6.07, 6.45) is 5.32. The molecule has 0 atom stereocenters. The molecule has 108 valence electrons. The highest BCUT2D eigenvalue weighted by atomic mass is 32.1. The van der Waals surface area contributed by atoms with Crippen molar-refractivity contribution in [3.8, 4) is 5.69 Å². The molecule has 0 aliphatic rings. The molecule has 0 amide bonds. The monoisotopic (exact) mass is 307 g/mol. The molecule has 1 N–H and O–H groups in total. The Morgan fingerprint density at radius 1 is 1.09 bits per heavy atom. The number of benzene rings is 1. The van der Waals surface area contributed by atoms with Crippen molar-refractivity contribution in [2.24, 2.45) is 0 Å². The Hall–Kier alpha value is -2.73. The maximum Gasteiger partial charge on any atom is 0.138 e. The molecule has 3 heterocycles. The zero-order valence-corrected chi connectivity index (χ0v) is 12.5. The minimum atomic E-state index is 0.679. The minimum Gasteiger partial charge on any atom is -0.365 e. The maximum absolute atomic E-state index is 4.35. The summed E-state index contributed by atoms with van der Waals surface area (Å²) in [6, 6.07) is 12.2. The van der Waals surface area contributed by atoms with Crippen LogP contribution in [0.2, 0.25) is 0 Å². The second kappa shape index (κ2) is 5.57. The first-order valence-corrected chi connectivity index (χ1v) is 7.80. The van der Waals surface area contributed by atoms with Crippen LogP contribution in [0.1, 0.15) is 5.56 Å². The van der Waals surface area contributed by atoms with Gasteiger partial charge in [0.25, 0.3) is 0 Å². The number of aromatic nitrogens is 4. The third-order valence-electron chi connectivity index (χ3n) is 3.45. The normalized spacial score (nSPS) is 10.9. The van der Waals surface area contributed by atoms with Gasteiger partial charge in [-0.2, -0.15) is 5.10 Å². The predicted molar refractivity (Wildman–Crippen MR) is 88.3 cm³/mol. The number of fused-ring (bicyclic) bond motifs is 1. The number of hydrogen-bond donors (Lipinski definition) is 1. The van der Waals surface area contributed by atoms with Crippen molar-refractivity contribution in [3.63, 3.8) is 0 Å². The summed E-state index contributed by atoms with van der Waals surface area (Å²) in [5, 5.41) is 10.8. The van der Waals surface area contributed by atoms with Crippen molar-refractivity contribution in [3.05, 3.63) is 66.1 Å². The second-order valence-corrected chi connectivity index (χ2v) is 5.69. The van der Waals surface area contributed by atoms with Gasteiger partial charge in [0, 0.05) is 18.9 Å². The number of anilines is 1. The lowest BCUT2D eigenvalue weighted by Gasteiger charge is -2.11. The zero-order valence-electron chi connectivity index (χ0n) is 11.7. The molecule has 0 spiro atoms. The van der Waals surface area contributed by atoms with Crippen LogP contribution in [-0.2, 0) is 6.54 Å². The molecule has 3 aromatic heterocycles. The van der Waals surface area contributed by atoms with Crippen LogP contribution in [0.5, 0.6) is 0 Å². The molecule has 5 nitrogen and oxygen atoms in total. The topological polar surface area (TPSA) is 55.6 Å². The molecular weight excluding hydrogens is 294 g/mol. The number of nitrogens with one attached hydrogen (secondary N) is 1. The summed E-state index contributed by atoms with van der Waals surface area (Å²) in [7, 11) is 0. The van der Waals surface area contributed by atoms with Gasteiger partial charge >= 0.3 is 0 Å². The van der Waals surface area contributed by atoms with E-state index in [1.165, 1.54) is 0 Å². The fourth-order valence-electron chi connectivity index (χ4n) is 2.41. The molecule has 4 aromatic rings. The minimum absolute atomic E-state index is 0.679. The Morgan fingerprint density at radius 2 is 2.05 bits per heavy atom. The molecular formula is C16H13N5S. The number of hydrogen-bond acceptors (Lipinski definition) is 5. The van der Waals surface area contributed by atoms with Crippen LogP contribution >= 0.6 is 11.3 Å². The van der Waals surface area contributed by atoms with Crippen LogP contribution in [0, 0.1) is 0 Å². The van der Waals surface area contributed by atoms with Gasteiger partial charge in [0.2, 0.25) is 0 Å². The Bertz CT molecular complexity index is 898. The van der Waals surface area contributed by atoms with Gasteiger partial charge < -0.3 is 5.32 Å². The third-order valence-corrected chi connectivity index (χ3v) is 4.27. The molecule has 0 radical (unpaired) electrons. The van der Waals surface area contributed by atoms with E-state index in [2.05, 4.69) is 32.5 Å². The highest BCUT2D eigenvalue weighted by molar-refractivity contribution is 7.16. The quantitative estimate of drug-likeness (QED) is 0.627. The van der Waals surface area contributed by atoms with E-state index in [0.717, 1.165) is 27.3 Å². The average molecular weight is 307 g/mol. The van der Waals surface area contributed by atoms with Gasteiger partial charge in [0.1, 0.15) is 17.0 Å². The smallest absolute Gasteiger partial charge is 0.138 e. The number of thiophene rings is 1. The summed E-state index contributed by atoms with van der Waals surface area (Å²) in [5.41, 5.74) is 2.23. The van der Waals surface area contributed by atoms with Gasteiger partial charge in [-0.15, -0.1) is 11.3 Å². The SMILES string of the molecule is c1ccc(-n2cccn2)c(CNc2ncnc3sccc23)c1. The lowest BCUT2D eigenvalue weighted by molar-refractivity contribution is 0.863. The molecule has 0 aliphatic heterocycles. The van der Waals surface area contributed by atoms with Gasteiger partial charge in [-0.3, -0.25) is 0 Å². The average Bonchev–Trinajstić information content (AvgIpc) is 3.24.